The number of carbonyl (C=O) groups is 2. The van der Waals surface area contributed by atoms with E-state index < -0.39 is 65.5 Å². The first-order valence-corrected chi connectivity index (χ1v) is 18.5. The summed E-state index contributed by atoms with van der Waals surface area (Å²) in [4.78, 5) is 35.0. The van der Waals surface area contributed by atoms with Crippen molar-refractivity contribution in [3.05, 3.63) is 127 Å². The molecule has 0 aromatic carbocycles. The summed E-state index contributed by atoms with van der Waals surface area (Å²) in [5, 5.41) is 42.9. The van der Waals surface area contributed by atoms with Gasteiger partial charge in [-0.2, -0.15) is 0 Å². The van der Waals surface area contributed by atoms with E-state index in [0.29, 0.717) is 0 Å². The lowest BCUT2D eigenvalue weighted by Crippen LogP contribution is -2.42. The number of aliphatic hydroxyl groups is 4. The maximum absolute atomic E-state index is 13.3. The fourth-order valence-electron chi connectivity index (χ4n) is 5.47. The molecule has 0 saturated carbocycles. The molecule has 1 aliphatic heterocycles. The van der Waals surface area contributed by atoms with Crippen LogP contribution in [0.25, 0.3) is 6.08 Å². The van der Waals surface area contributed by atoms with Gasteiger partial charge in [0.05, 0.1) is 24.7 Å². The molecule has 13 nitrogen and oxygen atoms in total. The molecule has 3 rings (SSSR count). The number of aliphatic hydroxyl groups excluding tert-OH is 4. The highest BCUT2D eigenvalue weighted by molar-refractivity contribution is 5.87. The van der Waals surface area contributed by atoms with Gasteiger partial charge in [-0.25, -0.2) is 19.6 Å². The summed E-state index contributed by atoms with van der Waals surface area (Å²) < 4.78 is 28.3. The third-order valence-electron chi connectivity index (χ3n) is 9.44. The number of hydrogen-bond donors (Lipinski definition) is 4. The molecule has 2 aromatic heterocycles. The van der Waals surface area contributed by atoms with E-state index in [1.807, 2.05) is 6.08 Å². The fourth-order valence-corrected chi connectivity index (χ4v) is 5.47. The minimum atomic E-state index is -1.32. The largest absolute Gasteiger partial charge is 0.457 e. The molecule has 0 amide bonds. The predicted molar refractivity (Wildman–Crippen MR) is 218 cm³/mol. The Kier molecular flexibility index (Phi) is 19.8. The molecule has 312 valence electrons. The van der Waals surface area contributed by atoms with Crippen LogP contribution in [0.4, 0.5) is 0 Å². The number of methoxy groups -OCH3 is 1. The molecule has 2 aromatic rings. The Hall–Kier alpha value is -4.92. The fraction of sp³-hybridized carbons (Fsp3) is 0.455. The number of ether oxygens (including phenoxy) is 3. The van der Waals surface area contributed by atoms with E-state index in [9.17, 15) is 30.0 Å². The highest BCUT2D eigenvalue weighted by Gasteiger charge is 2.39. The lowest BCUT2D eigenvalue weighted by atomic mass is 9.79. The Morgan fingerprint density at radius 2 is 1.26 bits per heavy atom. The second-order valence-electron chi connectivity index (χ2n) is 14.4. The van der Waals surface area contributed by atoms with Crippen LogP contribution in [0.5, 0.6) is 0 Å². The van der Waals surface area contributed by atoms with Crippen molar-refractivity contribution in [3.63, 3.8) is 0 Å². The smallest absolute Gasteiger partial charge is 0.360 e. The summed E-state index contributed by atoms with van der Waals surface area (Å²) in [5.41, 5.74) is -1.97. The van der Waals surface area contributed by atoms with Crippen LogP contribution >= 0.6 is 0 Å². The minimum absolute atomic E-state index is 0. The average molecular weight is 793 g/mol. The van der Waals surface area contributed by atoms with Gasteiger partial charge in [0, 0.05) is 36.9 Å². The van der Waals surface area contributed by atoms with Gasteiger partial charge in [-0.05, 0) is 13.8 Å². The van der Waals surface area contributed by atoms with Crippen molar-refractivity contribution in [3.8, 4) is 0 Å². The SMILES string of the molecule is C.C/C=C/[C@H](O)C(C)(C)[C@@H]1C\C=C/C=C\C=C\[C@H](OC)Cc2nc(co2)C(=O)O[C@H](C(C)(C)[C@@H](O)/C=C/C)C/C=C\C(O)C(O)/C=C/C=C\c2nc(co2)C(=O)O1. The topological polar surface area (TPSA) is 195 Å². The van der Waals surface area contributed by atoms with Gasteiger partial charge in [0.1, 0.15) is 36.9 Å². The summed E-state index contributed by atoms with van der Waals surface area (Å²) in [6.45, 7) is 10.7. The Labute approximate surface area is 336 Å². The van der Waals surface area contributed by atoms with Gasteiger partial charge in [-0.1, -0.05) is 126 Å². The zero-order chi connectivity index (χ0) is 41.3. The van der Waals surface area contributed by atoms with Gasteiger partial charge in [0.25, 0.3) is 0 Å². The van der Waals surface area contributed by atoms with Crippen LogP contribution in [0.1, 0.15) is 94.6 Å². The number of hydrogen-bond acceptors (Lipinski definition) is 13. The molecule has 3 heterocycles. The normalized spacial score (nSPS) is 27.0. The number of nitrogens with zero attached hydrogens (tertiary/aromatic N) is 2. The van der Waals surface area contributed by atoms with Crippen LogP contribution in [-0.4, -0.2) is 92.2 Å². The van der Waals surface area contributed by atoms with Crippen molar-refractivity contribution in [2.24, 2.45) is 10.8 Å². The average Bonchev–Trinajstić information content (AvgIpc) is 3.84. The second-order valence-corrected chi connectivity index (χ2v) is 14.4. The van der Waals surface area contributed by atoms with Crippen molar-refractivity contribution in [1.29, 1.82) is 0 Å². The molecule has 57 heavy (non-hydrogen) atoms. The Morgan fingerprint density at radius 1 is 0.737 bits per heavy atom. The summed E-state index contributed by atoms with van der Waals surface area (Å²) in [6.07, 6.45) is 22.5. The van der Waals surface area contributed by atoms with Crippen LogP contribution in [-0.2, 0) is 20.6 Å². The summed E-state index contributed by atoms with van der Waals surface area (Å²) in [7, 11) is 1.53. The van der Waals surface area contributed by atoms with E-state index in [-0.39, 0.29) is 49.9 Å². The lowest BCUT2D eigenvalue weighted by molar-refractivity contribution is -0.0462. The van der Waals surface area contributed by atoms with E-state index in [2.05, 4.69) is 9.97 Å². The van der Waals surface area contributed by atoms with Crippen LogP contribution in [0, 0.1) is 10.8 Å². The zero-order valence-corrected chi connectivity index (χ0v) is 33.1. The standard InChI is InChI=1S/C43H56N2O11.CH4/c1-8-18-34(48)42(3,4)36-23-14-12-10-11-13-20-29(52-7)26-39-45-31(28-54-39)41(51)56-37(43(5,6)35(49)19-9-2)24-17-22-33(47)32(46)21-15-16-25-38-44-30(27-53-38)40(50)55-36;/h8-22,25,27-29,32-37,46-49H,23-24,26H2,1-7H3;1H4/b11-10-,14-12-,18-8+,19-9+,20-13+,21-15+,22-17-,25-16-;/t29-,32?,33?,34-,35-,36-,37-;/m0./s1. The van der Waals surface area contributed by atoms with Gasteiger partial charge in [-0.3, -0.25) is 0 Å². The number of carbonyl (C=O) groups excluding carboxylic acids is 2. The van der Waals surface area contributed by atoms with Crippen LogP contribution in [0.15, 0.2) is 113 Å². The van der Waals surface area contributed by atoms with Crippen molar-refractivity contribution >= 4 is 18.0 Å². The molecule has 0 saturated heterocycles. The maximum Gasteiger partial charge on any atom is 0.360 e. The second kappa shape index (κ2) is 23.3. The number of esters is 2. The Morgan fingerprint density at radius 3 is 1.86 bits per heavy atom. The molecule has 1 aliphatic rings. The third-order valence-corrected chi connectivity index (χ3v) is 9.44. The molecule has 0 radical (unpaired) electrons. The Balaban J connectivity index is 0.0000112. The van der Waals surface area contributed by atoms with E-state index in [4.69, 9.17) is 23.0 Å². The molecule has 0 spiro atoms. The molecule has 4 N–H and O–H groups in total. The van der Waals surface area contributed by atoms with Gasteiger partial charge >= 0.3 is 11.9 Å². The summed E-state index contributed by atoms with van der Waals surface area (Å²) >= 11 is 0. The number of cyclic esters (lactones) is 2. The Bertz CT molecular complexity index is 1790. The molecule has 0 aliphatic carbocycles. The van der Waals surface area contributed by atoms with Crippen molar-refractivity contribution in [2.75, 3.05) is 7.11 Å². The summed E-state index contributed by atoms with van der Waals surface area (Å²) in [6, 6.07) is 0. The van der Waals surface area contributed by atoms with Crippen molar-refractivity contribution in [1.82, 2.24) is 9.97 Å². The van der Waals surface area contributed by atoms with Gasteiger partial charge in [-0.15, -0.1) is 0 Å². The van der Waals surface area contributed by atoms with E-state index in [1.54, 1.807) is 102 Å². The van der Waals surface area contributed by atoms with Crippen LogP contribution in [0.2, 0.25) is 0 Å². The van der Waals surface area contributed by atoms with Gasteiger partial charge < -0.3 is 43.5 Å². The van der Waals surface area contributed by atoms with Crippen molar-refractivity contribution in [2.45, 2.75) is 111 Å². The number of fused-ring (bicyclic) bond motifs is 4. The molecular weight excluding hydrogens is 732 g/mol. The molecule has 7 atom stereocenters. The summed E-state index contributed by atoms with van der Waals surface area (Å²) in [5.74, 6) is -1.15. The van der Waals surface area contributed by atoms with E-state index in [0.717, 1.165) is 0 Å². The first-order chi connectivity index (χ1) is 26.6. The first kappa shape index (κ1) is 48.2. The monoisotopic (exact) mass is 792 g/mol. The van der Waals surface area contributed by atoms with Crippen LogP contribution < -0.4 is 0 Å². The van der Waals surface area contributed by atoms with Crippen LogP contribution in [0.3, 0.4) is 0 Å². The predicted octanol–water partition coefficient (Wildman–Crippen LogP) is 6.84. The first-order valence-electron chi connectivity index (χ1n) is 18.5. The molecule has 13 heteroatoms. The van der Waals surface area contributed by atoms with E-state index in [1.165, 1.54) is 50.0 Å². The molecule has 2 unspecified atom stereocenters. The molecular formula is C44H60N2O11. The molecule has 0 fully saturated rings. The molecule has 4 bridgehead atoms. The highest BCUT2D eigenvalue weighted by atomic mass is 16.6. The third kappa shape index (κ3) is 14.5. The lowest BCUT2D eigenvalue weighted by Gasteiger charge is -2.36. The number of aromatic nitrogens is 2. The minimum Gasteiger partial charge on any atom is -0.457 e. The quantitative estimate of drug-likeness (QED) is 0.168. The highest BCUT2D eigenvalue weighted by Crippen LogP contribution is 2.33. The van der Waals surface area contributed by atoms with Gasteiger partial charge in [0.2, 0.25) is 5.89 Å². The zero-order valence-electron chi connectivity index (χ0n) is 33.1. The number of allylic oxidation sites excluding steroid dienone is 8. The number of oxazole rings is 2. The maximum atomic E-state index is 13.3. The van der Waals surface area contributed by atoms with Crippen molar-refractivity contribution < 1.29 is 53.1 Å². The van der Waals surface area contributed by atoms with Gasteiger partial charge in [0.15, 0.2) is 17.3 Å². The number of rotatable bonds is 7. The van der Waals surface area contributed by atoms with E-state index >= 15 is 0 Å².